The normalized spacial score (nSPS) is 18.9. The third kappa shape index (κ3) is 2.91. The highest BCUT2D eigenvalue weighted by Crippen LogP contribution is 2.27. The van der Waals surface area contributed by atoms with Crippen LogP contribution in [0.25, 0.3) is 0 Å². The molecule has 0 spiro atoms. The topological polar surface area (TPSA) is 63.1 Å². The highest BCUT2D eigenvalue weighted by atomic mass is 16.5. The van der Waals surface area contributed by atoms with Crippen LogP contribution in [0.1, 0.15) is 25.5 Å². The maximum absolute atomic E-state index is 5.50. The molecule has 0 saturated carbocycles. The number of piperidine rings is 1. The SMILES string of the molecule is CCOCCn1c(NC2CCNCC2)nc2c1NCC2. The average Bonchev–Trinajstić information content (AvgIpc) is 3.03. The fourth-order valence-corrected chi connectivity index (χ4v) is 2.95. The molecule has 0 aromatic carbocycles. The molecule has 112 valence electrons. The summed E-state index contributed by atoms with van der Waals surface area (Å²) in [6.45, 7) is 7.58. The first-order valence-corrected chi connectivity index (χ1v) is 7.76. The van der Waals surface area contributed by atoms with Gasteiger partial charge in [0.05, 0.1) is 18.8 Å². The van der Waals surface area contributed by atoms with E-state index >= 15 is 0 Å². The first-order valence-electron chi connectivity index (χ1n) is 7.76. The highest BCUT2D eigenvalue weighted by Gasteiger charge is 2.23. The predicted molar refractivity (Wildman–Crippen MR) is 80.4 cm³/mol. The lowest BCUT2D eigenvalue weighted by atomic mass is 10.1. The minimum Gasteiger partial charge on any atom is -0.380 e. The van der Waals surface area contributed by atoms with Crippen molar-refractivity contribution >= 4 is 11.8 Å². The van der Waals surface area contributed by atoms with Gasteiger partial charge in [0, 0.05) is 25.6 Å². The molecule has 3 heterocycles. The van der Waals surface area contributed by atoms with Crippen LogP contribution in [0, 0.1) is 0 Å². The van der Waals surface area contributed by atoms with Crippen LogP contribution in [0.3, 0.4) is 0 Å². The van der Waals surface area contributed by atoms with Crippen molar-refractivity contribution in [3.8, 4) is 0 Å². The van der Waals surface area contributed by atoms with Gasteiger partial charge in [0.15, 0.2) is 0 Å². The van der Waals surface area contributed by atoms with Crippen molar-refractivity contribution in [3.05, 3.63) is 5.69 Å². The number of ether oxygens (including phenoxy) is 1. The summed E-state index contributed by atoms with van der Waals surface area (Å²) >= 11 is 0. The number of aromatic nitrogens is 2. The third-order valence-electron chi connectivity index (χ3n) is 4.03. The largest absolute Gasteiger partial charge is 0.380 e. The van der Waals surface area contributed by atoms with Gasteiger partial charge in [-0.2, -0.15) is 0 Å². The Morgan fingerprint density at radius 1 is 1.35 bits per heavy atom. The number of nitrogens with one attached hydrogen (secondary N) is 3. The Bertz CT molecular complexity index is 439. The summed E-state index contributed by atoms with van der Waals surface area (Å²) in [5, 5.41) is 10.5. The molecule has 2 aliphatic heterocycles. The Balaban J connectivity index is 1.71. The zero-order chi connectivity index (χ0) is 13.8. The van der Waals surface area contributed by atoms with E-state index in [1.807, 2.05) is 6.92 Å². The third-order valence-corrected chi connectivity index (χ3v) is 4.03. The Kier molecular flexibility index (Phi) is 4.42. The lowest BCUT2D eigenvalue weighted by Crippen LogP contribution is -2.36. The first kappa shape index (κ1) is 13.7. The van der Waals surface area contributed by atoms with Gasteiger partial charge in [-0.1, -0.05) is 0 Å². The van der Waals surface area contributed by atoms with Gasteiger partial charge in [-0.3, -0.25) is 4.57 Å². The Hall–Kier alpha value is -1.27. The minimum atomic E-state index is 0.532. The summed E-state index contributed by atoms with van der Waals surface area (Å²) < 4.78 is 7.75. The summed E-state index contributed by atoms with van der Waals surface area (Å²) in [5.74, 6) is 2.19. The molecule has 3 N–H and O–H groups in total. The number of fused-ring (bicyclic) bond motifs is 1. The number of rotatable bonds is 6. The molecule has 6 heteroatoms. The van der Waals surface area contributed by atoms with Crippen molar-refractivity contribution in [3.63, 3.8) is 0 Å². The lowest BCUT2D eigenvalue weighted by Gasteiger charge is -2.24. The van der Waals surface area contributed by atoms with Gasteiger partial charge in [0.25, 0.3) is 0 Å². The van der Waals surface area contributed by atoms with E-state index in [4.69, 9.17) is 9.72 Å². The zero-order valence-electron chi connectivity index (χ0n) is 12.2. The maximum Gasteiger partial charge on any atom is 0.205 e. The highest BCUT2D eigenvalue weighted by molar-refractivity contribution is 5.54. The van der Waals surface area contributed by atoms with E-state index in [-0.39, 0.29) is 0 Å². The van der Waals surface area contributed by atoms with Gasteiger partial charge in [-0.25, -0.2) is 4.98 Å². The van der Waals surface area contributed by atoms with Crippen LogP contribution in [-0.4, -0.2) is 48.4 Å². The van der Waals surface area contributed by atoms with Gasteiger partial charge >= 0.3 is 0 Å². The average molecular weight is 279 g/mol. The van der Waals surface area contributed by atoms with Crippen LogP contribution < -0.4 is 16.0 Å². The second-order valence-electron chi connectivity index (χ2n) is 5.42. The van der Waals surface area contributed by atoms with E-state index in [1.165, 1.54) is 11.5 Å². The summed E-state index contributed by atoms with van der Waals surface area (Å²) in [6, 6.07) is 0.532. The van der Waals surface area contributed by atoms with E-state index in [0.29, 0.717) is 6.04 Å². The maximum atomic E-state index is 5.50. The van der Waals surface area contributed by atoms with E-state index in [2.05, 4.69) is 20.5 Å². The van der Waals surface area contributed by atoms with Crippen LogP contribution in [0.2, 0.25) is 0 Å². The van der Waals surface area contributed by atoms with Crippen molar-refractivity contribution < 1.29 is 4.74 Å². The lowest BCUT2D eigenvalue weighted by molar-refractivity contribution is 0.139. The summed E-state index contributed by atoms with van der Waals surface area (Å²) in [5.41, 5.74) is 1.19. The number of nitrogens with zero attached hydrogens (tertiary/aromatic N) is 2. The number of hydrogen-bond donors (Lipinski definition) is 3. The Morgan fingerprint density at radius 3 is 3.00 bits per heavy atom. The Labute approximate surface area is 120 Å². The molecule has 0 aliphatic carbocycles. The van der Waals surface area contributed by atoms with E-state index in [0.717, 1.165) is 64.6 Å². The van der Waals surface area contributed by atoms with Crippen molar-refractivity contribution in [2.24, 2.45) is 0 Å². The number of imidazole rings is 1. The van der Waals surface area contributed by atoms with Crippen LogP contribution in [0.4, 0.5) is 11.8 Å². The quantitative estimate of drug-likeness (QED) is 0.680. The summed E-state index contributed by atoms with van der Waals surface area (Å²) in [4.78, 5) is 4.78. The van der Waals surface area contributed by atoms with Gasteiger partial charge in [0.1, 0.15) is 5.82 Å². The molecule has 3 rings (SSSR count). The predicted octanol–water partition coefficient (Wildman–Crippen LogP) is 1.05. The van der Waals surface area contributed by atoms with Crippen LogP contribution in [0.15, 0.2) is 0 Å². The fourth-order valence-electron chi connectivity index (χ4n) is 2.95. The van der Waals surface area contributed by atoms with Crippen molar-refractivity contribution in [1.82, 2.24) is 14.9 Å². The molecule has 1 fully saturated rings. The molecule has 0 atom stereocenters. The molecule has 1 aromatic rings. The molecule has 0 unspecified atom stereocenters. The van der Waals surface area contributed by atoms with Crippen LogP contribution in [0.5, 0.6) is 0 Å². The smallest absolute Gasteiger partial charge is 0.205 e. The minimum absolute atomic E-state index is 0.532. The van der Waals surface area contributed by atoms with Crippen molar-refractivity contribution in [1.29, 1.82) is 0 Å². The van der Waals surface area contributed by atoms with E-state index in [1.54, 1.807) is 0 Å². The van der Waals surface area contributed by atoms with Gasteiger partial charge in [-0.15, -0.1) is 0 Å². The van der Waals surface area contributed by atoms with Gasteiger partial charge in [-0.05, 0) is 32.9 Å². The molecule has 1 saturated heterocycles. The molecule has 2 aliphatic rings. The van der Waals surface area contributed by atoms with Crippen molar-refractivity contribution in [2.75, 3.05) is 43.5 Å². The van der Waals surface area contributed by atoms with Crippen LogP contribution in [-0.2, 0) is 17.7 Å². The summed E-state index contributed by atoms with van der Waals surface area (Å²) in [7, 11) is 0. The van der Waals surface area contributed by atoms with Gasteiger partial charge in [0.2, 0.25) is 5.95 Å². The molecular weight excluding hydrogens is 254 g/mol. The fraction of sp³-hybridized carbons (Fsp3) is 0.786. The molecule has 1 aromatic heterocycles. The molecule has 0 bridgehead atoms. The number of hydrogen-bond acceptors (Lipinski definition) is 5. The molecule has 0 amide bonds. The Morgan fingerprint density at radius 2 is 2.20 bits per heavy atom. The number of anilines is 2. The van der Waals surface area contributed by atoms with Crippen molar-refractivity contribution in [2.45, 2.75) is 38.8 Å². The molecule has 6 nitrogen and oxygen atoms in total. The second kappa shape index (κ2) is 6.45. The zero-order valence-corrected chi connectivity index (χ0v) is 12.2. The van der Waals surface area contributed by atoms with E-state index in [9.17, 15) is 0 Å². The summed E-state index contributed by atoms with van der Waals surface area (Å²) in [6.07, 6.45) is 3.35. The first-order chi connectivity index (χ1) is 9.88. The molecule has 0 radical (unpaired) electrons. The molecular formula is C14H25N5O. The van der Waals surface area contributed by atoms with E-state index < -0.39 is 0 Å². The van der Waals surface area contributed by atoms with Gasteiger partial charge < -0.3 is 20.7 Å². The monoisotopic (exact) mass is 279 g/mol. The second-order valence-corrected chi connectivity index (χ2v) is 5.42. The van der Waals surface area contributed by atoms with Crippen LogP contribution >= 0.6 is 0 Å². The molecule has 20 heavy (non-hydrogen) atoms. The standard InChI is InChI=1S/C14H25N5O/c1-2-20-10-9-19-13-12(5-8-16-13)18-14(19)17-11-3-6-15-7-4-11/h11,15-16H,2-10H2,1H3,(H,17,18).